The topological polar surface area (TPSA) is 61.4 Å². The van der Waals surface area contributed by atoms with E-state index in [2.05, 4.69) is 38.3 Å². The lowest BCUT2D eigenvalue weighted by molar-refractivity contribution is -0.128. The molecule has 0 aliphatic heterocycles. The molecule has 0 bridgehead atoms. The molecule has 0 saturated carbocycles. The predicted molar refractivity (Wildman–Crippen MR) is 93.8 cm³/mol. The number of aliphatic hydroxyl groups is 1. The third-order valence-electron chi connectivity index (χ3n) is 3.64. The Balaban J connectivity index is 3.82. The maximum atomic E-state index is 11.7. The van der Waals surface area contributed by atoms with Gasteiger partial charge in [0.15, 0.2) is 0 Å². The fraction of sp³-hybridized carbons (Fsp3) is 0.944. The molecule has 4 heteroatoms. The molecule has 4 nitrogen and oxygen atoms in total. The van der Waals surface area contributed by atoms with E-state index in [-0.39, 0.29) is 28.8 Å². The summed E-state index contributed by atoms with van der Waals surface area (Å²) in [5.41, 5.74) is -0.163. The predicted octanol–water partition coefficient (Wildman–Crippen LogP) is 2.95. The average Bonchev–Trinajstić information content (AvgIpc) is 2.34. The Morgan fingerprint density at radius 3 is 1.95 bits per heavy atom. The van der Waals surface area contributed by atoms with Crippen molar-refractivity contribution in [2.45, 2.75) is 67.7 Å². The van der Waals surface area contributed by atoms with Gasteiger partial charge in [-0.05, 0) is 31.2 Å². The van der Waals surface area contributed by atoms with Gasteiger partial charge in [0.05, 0.1) is 0 Å². The molecule has 0 radical (unpaired) electrons. The monoisotopic (exact) mass is 314 g/mol. The summed E-state index contributed by atoms with van der Waals surface area (Å²) in [6.45, 7) is 17.2. The quantitative estimate of drug-likeness (QED) is 0.573. The minimum Gasteiger partial charge on any atom is -0.396 e. The summed E-state index contributed by atoms with van der Waals surface area (Å²) in [4.78, 5) is 11.7. The van der Waals surface area contributed by atoms with Crippen molar-refractivity contribution in [1.29, 1.82) is 0 Å². The standard InChI is InChI=1S/C18H38N2O2/c1-16(2,3)12-18(7,14-21)13-19-10-8-9-11-20-15(22)17(4,5)6/h19,21H,8-14H2,1-7H3,(H,20,22). The molecule has 0 fully saturated rings. The van der Waals surface area contributed by atoms with Gasteiger partial charge in [0.1, 0.15) is 0 Å². The van der Waals surface area contributed by atoms with Crippen molar-refractivity contribution >= 4 is 5.91 Å². The Kier molecular flexibility index (Phi) is 8.63. The molecular formula is C18H38N2O2. The van der Waals surface area contributed by atoms with Crippen LogP contribution < -0.4 is 10.6 Å². The smallest absolute Gasteiger partial charge is 0.225 e. The first-order valence-electron chi connectivity index (χ1n) is 8.50. The first kappa shape index (κ1) is 21.4. The minimum absolute atomic E-state index is 0.0707. The highest BCUT2D eigenvalue weighted by Gasteiger charge is 2.29. The van der Waals surface area contributed by atoms with Crippen LogP contribution in [0.5, 0.6) is 0 Å². The van der Waals surface area contributed by atoms with Crippen LogP contribution in [0, 0.1) is 16.2 Å². The Hall–Kier alpha value is -0.610. The van der Waals surface area contributed by atoms with Crippen LogP contribution in [-0.4, -0.2) is 37.3 Å². The van der Waals surface area contributed by atoms with Gasteiger partial charge in [-0.2, -0.15) is 0 Å². The van der Waals surface area contributed by atoms with Gasteiger partial charge < -0.3 is 15.7 Å². The third-order valence-corrected chi connectivity index (χ3v) is 3.64. The molecule has 0 saturated heterocycles. The van der Waals surface area contributed by atoms with Gasteiger partial charge in [0.2, 0.25) is 5.91 Å². The molecule has 0 aromatic heterocycles. The Morgan fingerprint density at radius 2 is 1.50 bits per heavy atom. The second-order valence-corrected chi connectivity index (χ2v) is 9.10. The third kappa shape index (κ3) is 10.2. The molecule has 0 rings (SSSR count). The van der Waals surface area contributed by atoms with Crippen LogP contribution in [0.2, 0.25) is 0 Å². The molecule has 132 valence electrons. The van der Waals surface area contributed by atoms with E-state index in [0.29, 0.717) is 0 Å². The van der Waals surface area contributed by atoms with Crippen LogP contribution in [0.25, 0.3) is 0 Å². The minimum atomic E-state index is -0.311. The molecule has 22 heavy (non-hydrogen) atoms. The van der Waals surface area contributed by atoms with Crippen molar-refractivity contribution < 1.29 is 9.90 Å². The molecular weight excluding hydrogens is 276 g/mol. The summed E-state index contributed by atoms with van der Waals surface area (Å²) in [6, 6.07) is 0. The lowest BCUT2D eigenvalue weighted by atomic mass is 9.75. The van der Waals surface area contributed by atoms with Crippen LogP contribution in [0.1, 0.15) is 67.7 Å². The highest BCUT2D eigenvalue weighted by molar-refractivity contribution is 5.81. The zero-order chi connectivity index (χ0) is 17.4. The molecule has 0 aromatic rings. The van der Waals surface area contributed by atoms with Crippen molar-refractivity contribution in [2.75, 3.05) is 26.2 Å². The number of carbonyl (C=O) groups excluding carboxylic acids is 1. The number of hydrogen-bond acceptors (Lipinski definition) is 3. The van der Waals surface area contributed by atoms with E-state index in [1.54, 1.807) is 0 Å². The first-order chi connectivity index (χ1) is 9.90. The Labute approximate surface area is 137 Å². The van der Waals surface area contributed by atoms with Gasteiger partial charge in [0, 0.05) is 30.5 Å². The second-order valence-electron chi connectivity index (χ2n) is 9.10. The molecule has 0 spiro atoms. The van der Waals surface area contributed by atoms with E-state index in [0.717, 1.165) is 38.9 Å². The normalized spacial score (nSPS) is 15.5. The van der Waals surface area contributed by atoms with Crippen molar-refractivity contribution in [3.8, 4) is 0 Å². The molecule has 0 aliphatic carbocycles. The van der Waals surface area contributed by atoms with E-state index in [4.69, 9.17) is 0 Å². The fourth-order valence-corrected chi connectivity index (χ4v) is 2.69. The molecule has 0 aliphatic rings. The molecule has 1 atom stereocenters. The average molecular weight is 315 g/mol. The number of nitrogens with one attached hydrogen (secondary N) is 2. The first-order valence-corrected chi connectivity index (χ1v) is 8.50. The van der Waals surface area contributed by atoms with Crippen molar-refractivity contribution in [2.24, 2.45) is 16.2 Å². The number of hydrogen-bond donors (Lipinski definition) is 3. The molecule has 0 aromatic carbocycles. The number of amides is 1. The maximum absolute atomic E-state index is 11.7. The van der Waals surface area contributed by atoms with Gasteiger partial charge in [-0.1, -0.05) is 48.5 Å². The lowest BCUT2D eigenvalue weighted by Crippen LogP contribution is -2.38. The van der Waals surface area contributed by atoms with E-state index in [1.807, 2.05) is 20.8 Å². The van der Waals surface area contributed by atoms with Gasteiger partial charge >= 0.3 is 0 Å². The van der Waals surface area contributed by atoms with Gasteiger partial charge in [-0.3, -0.25) is 4.79 Å². The molecule has 1 amide bonds. The van der Waals surface area contributed by atoms with Gasteiger partial charge in [-0.15, -0.1) is 0 Å². The van der Waals surface area contributed by atoms with Crippen LogP contribution in [-0.2, 0) is 4.79 Å². The maximum Gasteiger partial charge on any atom is 0.225 e. The van der Waals surface area contributed by atoms with Crippen LogP contribution >= 0.6 is 0 Å². The van der Waals surface area contributed by atoms with Gasteiger partial charge in [0.25, 0.3) is 0 Å². The van der Waals surface area contributed by atoms with Crippen molar-refractivity contribution in [1.82, 2.24) is 10.6 Å². The Morgan fingerprint density at radius 1 is 0.955 bits per heavy atom. The molecule has 1 unspecified atom stereocenters. The van der Waals surface area contributed by atoms with Crippen LogP contribution in [0.15, 0.2) is 0 Å². The number of unbranched alkanes of at least 4 members (excludes halogenated alkanes) is 1. The van der Waals surface area contributed by atoms with E-state index >= 15 is 0 Å². The van der Waals surface area contributed by atoms with Crippen LogP contribution in [0.4, 0.5) is 0 Å². The number of rotatable bonds is 9. The SMILES string of the molecule is CC(C)(C)CC(C)(CO)CNCCCCNC(=O)C(C)(C)C. The van der Waals surface area contributed by atoms with Crippen LogP contribution in [0.3, 0.4) is 0 Å². The second kappa shape index (κ2) is 8.88. The van der Waals surface area contributed by atoms with Gasteiger partial charge in [-0.25, -0.2) is 0 Å². The summed E-state index contributed by atoms with van der Waals surface area (Å²) < 4.78 is 0. The Bertz CT molecular complexity index is 329. The van der Waals surface area contributed by atoms with Crippen molar-refractivity contribution in [3.63, 3.8) is 0 Å². The summed E-state index contributed by atoms with van der Waals surface area (Å²) in [5.74, 6) is 0.110. The summed E-state index contributed by atoms with van der Waals surface area (Å²) in [5, 5.41) is 16.0. The highest BCUT2D eigenvalue weighted by atomic mass is 16.3. The molecule has 3 N–H and O–H groups in total. The van der Waals surface area contributed by atoms with E-state index < -0.39 is 0 Å². The van der Waals surface area contributed by atoms with E-state index in [9.17, 15) is 9.90 Å². The number of carbonyl (C=O) groups is 1. The van der Waals surface area contributed by atoms with Crippen molar-refractivity contribution in [3.05, 3.63) is 0 Å². The lowest BCUT2D eigenvalue weighted by Gasteiger charge is -2.34. The summed E-state index contributed by atoms with van der Waals surface area (Å²) in [7, 11) is 0. The zero-order valence-electron chi connectivity index (χ0n) is 15.8. The fourth-order valence-electron chi connectivity index (χ4n) is 2.69. The number of aliphatic hydroxyl groups excluding tert-OH is 1. The molecule has 0 heterocycles. The summed E-state index contributed by atoms with van der Waals surface area (Å²) in [6.07, 6.45) is 3.00. The highest BCUT2D eigenvalue weighted by Crippen LogP contribution is 2.32. The largest absolute Gasteiger partial charge is 0.396 e. The summed E-state index contributed by atoms with van der Waals surface area (Å²) >= 11 is 0. The van der Waals surface area contributed by atoms with E-state index in [1.165, 1.54) is 0 Å². The zero-order valence-corrected chi connectivity index (χ0v) is 15.8.